The van der Waals surface area contributed by atoms with Crippen molar-refractivity contribution >= 4 is 23.5 Å². The van der Waals surface area contributed by atoms with E-state index in [4.69, 9.17) is 21.1 Å². The number of halogens is 2. The van der Waals surface area contributed by atoms with Gasteiger partial charge >= 0.3 is 5.97 Å². The molecule has 0 N–H and O–H groups in total. The lowest BCUT2D eigenvalue weighted by Gasteiger charge is -2.23. The summed E-state index contributed by atoms with van der Waals surface area (Å²) in [5.41, 5.74) is 1.90. The molecule has 176 valence electrons. The summed E-state index contributed by atoms with van der Waals surface area (Å²) >= 11 is 6.03. The average molecular weight is 482 g/mol. The molecule has 5 nitrogen and oxygen atoms in total. The summed E-state index contributed by atoms with van der Waals surface area (Å²) in [6.45, 7) is 1.07. The highest BCUT2D eigenvalue weighted by molar-refractivity contribution is 6.32. The van der Waals surface area contributed by atoms with Gasteiger partial charge in [0, 0.05) is 18.7 Å². The predicted molar refractivity (Wildman–Crippen MR) is 128 cm³/mol. The molecule has 3 aromatic rings. The molecule has 3 aromatic carbocycles. The number of esters is 1. The first-order valence-corrected chi connectivity index (χ1v) is 11.5. The van der Waals surface area contributed by atoms with E-state index in [9.17, 15) is 14.0 Å². The molecule has 0 spiro atoms. The molecular weight excluding hydrogens is 457 g/mol. The molecular formula is C27H25ClFNO4. The number of nitrogens with zero attached hydrogens (tertiary/aromatic N) is 1. The molecule has 0 heterocycles. The first-order valence-electron chi connectivity index (χ1n) is 11.1. The van der Waals surface area contributed by atoms with Crippen molar-refractivity contribution < 1.29 is 23.5 Å². The number of amides is 1. The van der Waals surface area contributed by atoms with Gasteiger partial charge in [-0.15, -0.1) is 0 Å². The molecule has 1 amide bonds. The van der Waals surface area contributed by atoms with Crippen LogP contribution in [0.3, 0.4) is 0 Å². The van der Waals surface area contributed by atoms with Gasteiger partial charge in [-0.2, -0.15) is 0 Å². The van der Waals surface area contributed by atoms with E-state index >= 15 is 0 Å². The third kappa shape index (κ3) is 5.94. The first kappa shape index (κ1) is 23.8. The van der Waals surface area contributed by atoms with Gasteiger partial charge in [-0.25, -0.2) is 9.18 Å². The van der Waals surface area contributed by atoms with Crippen LogP contribution in [-0.4, -0.2) is 30.4 Å². The topological polar surface area (TPSA) is 55.8 Å². The monoisotopic (exact) mass is 481 g/mol. The number of para-hydroxylation sites is 1. The highest BCUT2D eigenvalue weighted by Gasteiger charge is 2.24. The Hall–Kier alpha value is -3.38. The fourth-order valence-corrected chi connectivity index (χ4v) is 3.83. The quantitative estimate of drug-likeness (QED) is 0.327. The molecule has 1 fully saturated rings. The Balaban J connectivity index is 1.47. The van der Waals surface area contributed by atoms with E-state index in [0.29, 0.717) is 35.9 Å². The van der Waals surface area contributed by atoms with E-state index < -0.39 is 11.8 Å². The zero-order chi connectivity index (χ0) is 24.1. The van der Waals surface area contributed by atoms with E-state index in [1.807, 2.05) is 17.0 Å². The largest absolute Gasteiger partial charge is 0.465 e. The summed E-state index contributed by atoms with van der Waals surface area (Å²) in [6, 6.07) is 18.0. The van der Waals surface area contributed by atoms with Gasteiger partial charge in [-0.3, -0.25) is 4.79 Å². The molecule has 1 aliphatic rings. The van der Waals surface area contributed by atoms with Crippen molar-refractivity contribution in [1.82, 2.24) is 4.90 Å². The van der Waals surface area contributed by atoms with E-state index in [1.165, 1.54) is 32.1 Å². The number of hydrogen-bond donors (Lipinski definition) is 0. The van der Waals surface area contributed by atoms with Gasteiger partial charge in [0.1, 0.15) is 5.75 Å². The van der Waals surface area contributed by atoms with E-state index in [1.54, 1.807) is 42.5 Å². The van der Waals surface area contributed by atoms with Crippen LogP contribution in [0.1, 0.15) is 45.5 Å². The van der Waals surface area contributed by atoms with Crippen LogP contribution in [0.4, 0.5) is 4.39 Å². The Labute approximate surface area is 203 Å². The Morgan fingerprint density at radius 2 is 1.68 bits per heavy atom. The number of carbonyl (C=O) groups excluding carboxylic acids is 2. The first-order chi connectivity index (χ1) is 16.4. The minimum Gasteiger partial charge on any atom is -0.465 e. The van der Waals surface area contributed by atoms with Crippen molar-refractivity contribution in [1.29, 1.82) is 0 Å². The van der Waals surface area contributed by atoms with Crippen LogP contribution in [0.2, 0.25) is 5.02 Å². The van der Waals surface area contributed by atoms with Crippen molar-refractivity contribution in [3.05, 3.63) is 94.3 Å². The number of hydrogen-bond acceptors (Lipinski definition) is 4. The van der Waals surface area contributed by atoms with Crippen LogP contribution in [0.25, 0.3) is 0 Å². The Morgan fingerprint density at radius 1 is 1.00 bits per heavy atom. The maximum absolute atomic E-state index is 14.0. The molecule has 0 aromatic heterocycles. The SMILES string of the molecule is COC(=O)c1ccc(CN(CCC2CC2)C(=O)c2ccc(Oc3c(F)cccc3Cl)cc2)cc1. The number of benzene rings is 3. The van der Waals surface area contributed by atoms with Gasteiger partial charge in [0.05, 0.1) is 17.7 Å². The minimum absolute atomic E-state index is 0.0512. The van der Waals surface area contributed by atoms with Crippen LogP contribution in [-0.2, 0) is 11.3 Å². The second kappa shape index (κ2) is 10.7. The van der Waals surface area contributed by atoms with E-state index in [-0.39, 0.29) is 16.7 Å². The van der Waals surface area contributed by atoms with E-state index in [0.717, 1.165) is 12.0 Å². The van der Waals surface area contributed by atoms with Crippen LogP contribution in [0, 0.1) is 11.7 Å². The lowest BCUT2D eigenvalue weighted by atomic mass is 10.1. The summed E-state index contributed by atoms with van der Waals surface area (Å²) in [5, 5.41) is 0.171. The van der Waals surface area contributed by atoms with Gasteiger partial charge in [-0.1, -0.05) is 42.6 Å². The zero-order valence-electron chi connectivity index (χ0n) is 18.8. The fraction of sp³-hybridized carbons (Fsp3) is 0.259. The third-order valence-electron chi connectivity index (χ3n) is 5.78. The molecule has 7 heteroatoms. The van der Waals surface area contributed by atoms with Gasteiger partial charge in [0.2, 0.25) is 0 Å². The van der Waals surface area contributed by atoms with Gasteiger partial charge in [0.15, 0.2) is 11.6 Å². The lowest BCUT2D eigenvalue weighted by molar-refractivity contribution is 0.0600. The van der Waals surface area contributed by atoms with Crippen LogP contribution in [0.15, 0.2) is 66.7 Å². The van der Waals surface area contributed by atoms with E-state index in [2.05, 4.69) is 0 Å². The van der Waals surface area contributed by atoms with Crippen molar-refractivity contribution in [2.75, 3.05) is 13.7 Å². The molecule has 0 aliphatic heterocycles. The van der Waals surface area contributed by atoms with Crippen LogP contribution < -0.4 is 4.74 Å². The standard InChI is InChI=1S/C27H25ClFNO4/c1-33-27(32)21-9-7-19(8-10-21)17-30(16-15-18-5-6-18)26(31)20-11-13-22(14-12-20)34-25-23(28)3-2-4-24(25)29/h2-4,7-14,18H,5-6,15-17H2,1H3. The summed E-state index contributed by atoms with van der Waals surface area (Å²) in [4.78, 5) is 26.8. The second-order valence-electron chi connectivity index (χ2n) is 8.32. The molecule has 1 aliphatic carbocycles. The number of carbonyl (C=O) groups is 2. The van der Waals surface area contributed by atoms with Crippen LogP contribution >= 0.6 is 11.6 Å². The molecule has 4 rings (SSSR count). The maximum Gasteiger partial charge on any atom is 0.337 e. The van der Waals surface area contributed by atoms with Gasteiger partial charge < -0.3 is 14.4 Å². The van der Waals surface area contributed by atoms with Gasteiger partial charge in [0.25, 0.3) is 5.91 Å². The predicted octanol–water partition coefficient (Wildman–Crippen LogP) is 6.50. The van der Waals surface area contributed by atoms with Crippen molar-refractivity contribution in [2.45, 2.75) is 25.8 Å². The highest BCUT2D eigenvalue weighted by atomic mass is 35.5. The molecule has 1 saturated carbocycles. The van der Waals surface area contributed by atoms with Crippen molar-refractivity contribution in [3.8, 4) is 11.5 Å². The van der Waals surface area contributed by atoms with Crippen LogP contribution in [0.5, 0.6) is 11.5 Å². The third-order valence-corrected chi connectivity index (χ3v) is 6.08. The normalized spacial score (nSPS) is 12.8. The van der Waals surface area contributed by atoms with Crippen molar-refractivity contribution in [3.63, 3.8) is 0 Å². The number of ether oxygens (including phenoxy) is 2. The Kier molecular flexibility index (Phi) is 7.48. The summed E-state index contributed by atoms with van der Waals surface area (Å²) in [5.74, 6) is -0.0491. The minimum atomic E-state index is -0.558. The summed E-state index contributed by atoms with van der Waals surface area (Å²) < 4.78 is 24.3. The molecule has 34 heavy (non-hydrogen) atoms. The van der Waals surface area contributed by atoms with Crippen molar-refractivity contribution in [2.24, 2.45) is 5.92 Å². The molecule has 0 unspecified atom stereocenters. The molecule has 0 saturated heterocycles. The highest BCUT2D eigenvalue weighted by Crippen LogP contribution is 2.33. The average Bonchev–Trinajstić information content (AvgIpc) is 3.68. The number of methoxy groups -OCH3 is 1. The fourth-order valence-electron chi connectivity index (χ4n) is 3.63. The zero-order valence-corrected chi connectivity index (χ0v) is 19.6. The van der Waals surface area contributed by atoms with Gasteiger partial charge in [-0.05, 0) is 66.4 Å². The Bertz CT molecular complexity index is 1140. The smallest absolute Gasteiger partial charge is 0.337 e. The molecule has 0 radical (unpaired) electrons. The summed E-state index contributed by atoms with van der Waals surface area (Å²) in [6.07, 6.45) is 3.37. The second-order valence-corrected chi connectivity index (χ2v) is 8.73. The lowest BCUT2D eigenvalue weighted by Crippen LogP contribution is -2.31. The molecule has 0 atom stereocenters. The molecule has 0 bridgehead atoms. The maximum atomic E-state index is 14.0. The number of rotatable bonds is 9. The Morgan fingerprint density at radius 3 is 2.29 bits per heavy atom. The summed E-state index contributed by atoms with van der Waals surface area (Å²) in [7, 11) is 1.34.